The molecule has 3 nitrogen and oxygen atoms in total. The number of fused-ring (bicyclic) bond motifs is 4. The Balaban J connectivity index is 2.07. The molecule has 0 saturated heterocycles. The average molecular weight is 324 g/mol. The van der Waals surface area contributed by atoms with Gasteiger partial charge in [0, 0.05) is 27.5 Å². The minimum absolute atomic E-state index is 0.0543. The minimum atomic E-state index is -0.988. The SMILES string of the molecule is O=C1c2ccc3cccc(C(=O)O)c3c2-c2cccc3cccc1c23. The van der Waals surface area contributed by atoms with E-state index in [2.05, 4.69) is 0 Å². The number of hydrogen-bond acceptors (Lipinski definition) is 2. The summed E-state index contributed by atoms with van der Waals surface area (Å²) in [6.45, 7) is 0. The third kappa shape index (κ3) is 1.75. The average Bonchev–Trinajstić information content (AvgIpc) is 2.64. The van der Waals surface area contributed by atoms with Crippen LogP contribution in [0.4, 0.5) is 0 Å². The Morgan fingerprint density at radius 1 is 0.680 bits per heavy atom. The van der Waals surface area contributed by atoms with Crippen LogP contribution in [0.2, 0.25) is 0 Å². The number of carboxylic acids is 1. The molecule has 0 bridgehead atoms. The smallest absolute Gasteiger partial charge is 0.336 e. The van der Waals surface area contributed by atoms with Gasteiger partial charge in [0.1, 0.15) is 0 Å². The standard InChI is InChI=1S/C22H12O3/c23-21-15-8-2-5-12-4-1-7-14(18(12)15)20-16(21)11-10-13-6-3-9-17(19(13)20)22(24)25/h1-11H,(H,24,25). The topological polar surface area (TPSA) is 54.4 Å². The molecule has 0 amide bonds. The summed E-state index contributed by atoms with van der Waals surface area (Å²) in [7, 11) is 0. The molecular weight excluding hydrogens is 312 g/mol. The maximum atomic E-state index is 13.1. The van der Waals surface area contributed by atoms with Gasteiger partial charge in [0.05, 0.1) is 5.56 Å². The summed E-state index contributed by atoms with van der Waals surface area (Å²) in [6, 6.07) is 20.4. The summed E-state index contributed by atoms with van der Waals surface area (Å²) < 4.78 is 0. The van der Waals surface area contributed by atoms with Gasteiger partial charge in [0.2, 0.25) is 0 Å². The van der Waals surface area contributed by atoms with Gasteiger partial charge in [-0.3, -0.25) is 4.79 Å². The zero-order valence-electron chi connectivity index (χ0n) is 13.1. The first-order valence-electron chi connectivity index (χ1n) is 8.02. The van der Waals surface area contributed by atoms with Gasteiger partial charge in [-0.25, -0.2) is 4.79 Å². The van der Waals surface area contributed by atoms with Crippen LogP contribution >= 0.6 is 0 Å². The number of ketones is 1. The van der Waals surface area contributed by atoms with Gasteiger partial charge in [-0.1, -0.05) is 54.6 Å². The van der Waals surface area contributed by atoms with E-state index < -0.39 is 5.97 Å². The molecule has 25 heavy (non-hydrogen) atoms. The van der Waals surface area contributed by atoms with Crippen LogP contribution in [-0.4, -0.2) is 16.9 Å². The third-order valence-electron chi connectivity index (χ3n) is 4.94. The number of carbonyl (C=O) groups is 2. The van der Waals surface area contributed by atoms with E-state index in [9.17, 15) is 14.7 Å². The zero-order valence-corrected chi connectivity index (χ0v) is 13.1. The molecule has 118 valence electrons. The number of aromatic carboxylic acids is 1. The van der Waals surface area contributed by atoms with Crippen LogP contribution in [-0.2, 0) is 0 Å². The van der Waals surface area contributed by atoms with Crippen LogP contribution in [0.25, 0.3) is 32.7 Å². The summed E-state index contributed by atoms with van der Waals surface area (Å²) in [4.78, 5) is 24.9. The second-order valence-electron chi connectivity index (χ2n) is 6.24. The van der Waals surface area contributed by atoms with Crippen molar-refractivity contribution < 1.29 is 14.7 Å². The zero-order chi connectivity index (χ0) is 17.1. The van der Waals surface area contributed by atoms with E-state index >= 15 is 0 Å². The molecule has 1 aliphatic rings. The van der Waals surface area contributed by atoms with E-state index in [-0.39, 0.29) is 11.3 Å². The van der Waals surface area contributed by atoms with E-state index in [0.29, 0.717) is 16.5 Å². The lowest BCUT2D eigenvalue weighted by Crippen LogP contribution is -2.11. The molecule has 0 radical (unpaired) electrons. The molecule has 0 fully saturated rings. The fourth-order valence-electron chi connectivity index (χ4n) is 3.91. The van der Waals surface area contributed by atoms with Gasteiger partial charge in [0.15, 0.2) is 5.78 Å². The fourth-order valence-corrected chi connectivity index (χ4v) is 3.91. The molecule has 0 spiro atoms. The molecule has 5 rings (SSSR count). The van der Waals surface area contributed by atoms with Crippen molar-refractivity contribution >= 4 is 33.3 Å². The van der Waals surface area contributed by atoms with E-state index in [4.69, 9.17) is 0 Å². The predicted molar refractivity (Wildman–Crippen MR) is 97.3 cm³/mol. The monoisotopic (exact) mass is 324 g/mol. The van der Waals surface area contributed by atoms with Crippen LogP contribution in [0.3, 0.4) is 0 Å². The third-order valence-corrected chi connectivity index (χ3v) is 4.94. The highest BCUT2D eigenvalue weighted by Crippen LogP contribution is 2.43. The van der Waals surface area contributed by atoms with Crippen molar-refractivity contribution in [2.24, 2.45) is 0 Å². The first-order chi connectivity index (χ1) is 12.2. The lowest BCUT2D eigenvalue weighted by Gasteiger charge is -2.22. The molecule has 1 aliphatic carbocycles. The Kier molecular flexibility index (Phi) is 2.66. The van der Waals surface area contributed by atoms with Crippen LogP contribution in [0.15, 0.2) is 66.7 Å². The van der Waals surface area contributed by atoms with E-state index in [0.717, 1.165) is 27.3 Å². The Morgan fingerprint density at radius 3 is 2.04 bits per heavy atom. The van der Waals surface area contributed by atoms with E-state index in [1.807, 2.05) is 48.5 Å². The normalized spacial score (nSPS) is 12.4. The Hall–Kier alpha value is -3.46. The van der Waals surface area contributed by atoms with Gasteiger partial charge in [-0.2, -0.15) is 0 Å². The van der Waals surface area contributed by atoms with Crippen molar-refractivity contribution in [3.63, 3.8) is 0 Å². The Morgan fingerprint density at radius 2 is 1.32 bits per heavy atom. The molecule has 0 saturated carbocycles. The minimum Gasteiger partial charge on any atom is -0.478 e. The molecule has 0 aromatic heterocycles. The van der Waals surface area contributed by atoms with Gasteiger partial charge < -0.3 is 5.11 Å². The maximum Gasteiger partial charge on any atom is 0.336 e. The Labute approximate surface area is 143 Å². The molecule has 0 unspecified atom stereocenters. The van der Waals surface area contributed by atoms with Crippen molar-refractivity contribution in [1.82, 2.24) is 0 Å². The lowest BCUT2D eigenvalue weighted by atomic mass is 9.80. The second kappa shape index (κ2) is 4.77. The molecule has 3 heteroatoms. The number of carbonyl (C=O) groups excluding carboxylic acids is 1. The highest BCUT2D eigenvalue weighted by molar-refractivity contribution is 6.30. The van der Waals surface area contributed by atoms with Crippen molar-refractivity contribution in [1.29, 1.82) is 0 Å². The van der Waals surface area contributed by atoms with Crippen LogP contribution in [0.5, 0.6) is 0 Å². The summed E-state index contributed by atoms with van der Waals surface area (Å²) in [5.74, 6) is -1.04. The van der Waals surface area contributed by atoms with Gasteiger partial charge in [0.25, 0.3) is 0 Å². The first kappa shape index (κ1) is 13.9. The van der Waals surface area contributed by atoms with Crippen LogP contribution in [0.1, 0.15) is 26.3 Å². The van der Waals surface area contributed by atoms with Crippen molar-refractivity contribution in [2.45, 2.75) is 0 Å². The van der Waals surface area contributed by atoms with Crippen molar-refractivity contribution in [3.8, 4) is 11.1 Å². The fraction of sp³-hybridized carbons (Fsp3) is 0. The number of rotatable bonds is 1. The second-order valence-corrected chi connectivity index (χ2v) is 6.24. The molecular formula is C22H12O3. The van der Waals surface area contributed by atoms with E-state index in [1.165, 1.54) is 0 Å². The molecule has 0 aliphatic heterocycles. The predicted octanol–water partition coefficient (Wildman–Crippen LogP) is 4.90. The molecule has 0 atom stereocenters. The van der Waals surface area contributed by atoms with Crippen molar-refractivity contribution in [2.75, 3.05) is 0 Å². The summed E-state index contributed by atoms with van der Waals surface area (Å²) in [5, 5.41) is 13.0. The maximum absolute atomic E-state index is 13.1. The molecule has 4 aromatic carbocycles. The highest BCUT2D eigenvalue weighted by Gasteiger charge is 2.28. The first-order valence-corrected chi connectivity index (χ1v) is 8.02. The number of carboxylic acid groups (broad SMARTS) is 1. The highest BCUT2D eigenvalue weighted by atomic mass is 16.4. The van der Waals surface area contributed by atoms with Crippen molar-refractivity contribution in [3.05, 3.63) is 83.4 Å². The number of benzene rings is 4. The van der Waals surface area contributed by atoms with Gasteiger partial charge in [-0.15, -0.1) is 0 Å². The number of hydrogen-bond donors (Lipinski definition) is 1. The summed E-state index contributed by atoms with van der Waals surface area (Å²) in [6.07, 6.45) is 0. The van der Waals surface area contributed by atoms with E-state index in [1.54, 1.807) is 18.2 Å². The quantitative estimate of drug-likeness (QED) is 0.477. The van der Waals surface area contributed by atoms with Gasteiger partial charge in [-0.05, 0) is 28.5 Å². The molecule has 0 heterocycles. The van der Waals surface area contributed by atoms with Crippen LogP contribution < -0.4 is 0 Å². The summed E-state index contributed by atoms with van der Waals surface area (Å²) in [5.41, 5.74) is 3.10. The van der Waals surface area contributed by atoms with Gasteiger partial charge >= 0.3 is 5.97 Å². The summed E-state index contributed by atoms with van der Waals surface area (Å²) >= 11 is 0. The largest absolute Gasteiger partial charge is 0.478 e. The molecule has 1 N–H and O–H groups in total. The Bertz CT molecular complexity index is 1230. The molecule has 4 aromatic rings. The van der Waals surface area contributed by atoms with Crippen LogP contribution in [0, 0.1) is 0 Å². The lowest BCUT2D eigenvalue weighted by molar-refractivity contribution is 0.0698.